The number of carbonyl (C=O) groups excluding carboxylic acids is 1. The van der Waals surface area contributed by atoms with Crippen LogP contribution in [0.1, 0.15) is 16.1 Å². The van der Waals surface area contributed by atoms with Gasteiger partial charge in [0.25, 0.3) is 5.91 Å². The van der Waals surface area contributed by atoms with Gasteiger partial charge in [0.15, 0.2) is 0 Å². The zero-order chi connectivity index (χ0) is 13.7. The predicted octanol–water partition coefficient (Wildman–Crippen LogP) is 2.55. The van der Waals surface area contributed by atoms with Gasteiger partial charge in [-0.3, -0.25) is 9.78 Å². The Bertz CT molecular complexity index is 560. The Morgan fingerprint density at radius 3 is 2.68 bits per heavy atom. The van der Waals surface area contributed by atoms with Gasteiger partial charge in [-0.15, -0.1) is 0 Å². The summed E-state index contributed by atoms with van der Waals surface area (Å²) in [4.78, 5) is 22.2. The summed E-state index contributed by atoms with van der Waals surface area (Å²) in [5.41, 5.74) is 1.55. The van der Waals surface area contributed by atoms with E-state index in [0.29, 0.717) is 16.7 Å². The van der Waals surface area contributed by atoms with Crippen LogP contribution in [0.5, 0.6) is 0 Å². The Morgan fingerprint density at radius 1 is 1.21 bits per heavy atom. The fourth-order valence-corrected chi connectivity index (χ4v) is 2.10. The van der Waals surface area contributed by atoms with E-state index < -0.39 is 0 Å². The van der Waals surface area contributed by atoms with Crippen molar-refractivity contribution < 1.29 is 4.79 Å². The zero-order valence-electron chi connectivity index (χ0n) is 10.6. The normalized spacial score (nSPS) is 10.2. The van der Waals surface area contributed by atoms with Crippen LogP contribution >= 0.6 is 15.9 Å². The second-order valence-corrected chi connectivity index (χ2v) is 4.89. The average Bonchev–Trinajstić information content (AvgIpc) is 2.45. The highest BCUT2D eigenvalue weighted by molar-refractivity contribution is 9.10. The first kappa shape index (κ1) is 13.7. The Hall–Kier alpha value is -1.75. The first-order chi connectivity index (χ1) is 9.18. The van der Waals surface area contributed by atoms with Gasteiger partial charge < -0.3 is 4.90 Å². The number of nitrogens with zero attached hydrogens (tertiary/aromatic N) is 3. The minimum atomic E-state index is -0.0455. The Kier molecular flexibility index (Phi) is 4.63. The number of carbonyl (C=O) groups is 1. The minimum Gasteiger partial charge on any atom is -0.341 e. The largest absolute Gasteiger partial charge is 0.341 e. The molecule has 0 saturated heterocycles. The fraction of sp³-hybridized carbons (Fsp3) is 0.214. The maximum atomic E-state index is 12.2. The molecule has 0 aliphatic carbocycles. The van der Waals surface area contributed by atoms with Crippen molar-refractivity contribution in [2.75, 3.05) is 13.6 Å². The van der Waals surface area contributed by atoms with Gasteiger partial charge in [-0.2, -0.15) is 0 Å². The molecule has 0 bridgehead atoms. The Balaban J connectivity index is 1.99. The standard InChI is InChI=1S/C14H14BrN3O/c1-18(10-7-11-5-2-3-8-16-11)14(19)12-6-4-9-17-13(12)15/h2-6,8-9H,7,10H2,1H3. The second kappa shape index (κ2) is 6.43. The first-order valence-corrected chi connectivity index (χ1v) is 6.73. The molecule has 0 radical (unpaired) electrons. The van der Waals surface area contributed by atoms with E-state index in [0.717, 1.165) is 12.1 Å². The molecule has 4 nitrogen and oxygen atoms in total. The topological polar surface area (TPSA) is 46.1 Å². The number of pyridine rings is 2. The molecule has 0 atom stereocenters. The van der Waals surface area contributed by atoms with Gasteiger partial charge in [0, 0.05) is 38.1 Å². The molecule has 98 valence electrons. The fourth-order valence-electron chi connectivity index (χ4n) is 1.68. The molecule has 0 N–H and O–H groups in total. The van der Waals surface area contributed by atoms with Crippen LogP contribution in [0.25, 0.3) is 0 Å². The lowest BCUT2D eigenvalue weighted by molar-refractivity contribution is 0.0795. The van der Waals surface area contributed by atoms with Gasteiger partial charge in [-0.25, -0.2) is 4.98 Å². The van der Waals surface area contributed by atoms with Crippen molar-refractivity contribution in [2.45, 2.75) is 6.42 Å². The molecule has 0 saturated carbocycles. The molecule has 1 amide bonds. The Labute approximate surface area is 120 Å². The Morgan fingerprint density at radius 2 is 2.00 bits per heavy atom. The molecule has 2 rings (SSSR count). The van der Waals surface area contributed by atoms with Gasteiger partial charge in [-0.05, 0) is 40.2 Å². The highest BCUT2D eigenvalue weighted by atomic mass is 79.9. The summed E-state index contributed by atoms with van der Waals surface area (Å²) in [6.07, 6.45) is 4.14. The summed E-state index contributed by atoms with van der Waals surface area (Å²) in [5.74, 6) is -0.0455. The molecular formula is C14H14BrN3O. The smallest absolute Gasteiger partial charge is 0.256 e. The second-order valence-electron chi connectivity index (χ2n) is 4.14. The lowest BCUT2D eigenvalue weighted by Gasteiger charge is -2.17. The molecule has 0 spiro atoms. The molecule has 2 aromatic rings. The molecule has 5 heteroatoms. The van der Waals surface area contributed by atoms with Crippen LogP contribution in [-0.2, 0) is 6.42 Å². The van der Waals surface area contributed by atoms with E-state index in [2.05, 4.69) is 25.9 Å². The molecular weight excluding hydrogens is 306 g/mol. The van der Waals surface area contributed by atoms with Crippen molar-refractivity contribution in [3.8, 4) is 0 Å². The van der Waals surface area contributed by atoms with Crippen molar-refractivity contribution in [3.05, 3.63) is 58.6 Å². The van der Waals surface area contributed by atoms with Crippen molar-refractivity contribution >= 4 is 21.8 Å². The number of aromatic nitrogens is 2. The maximum absolute atomic E-state index is 12.2. The van der Waals surface area contributed by atoms with Crippen LogP contribution in [0.4, 0.5) is 0 Å². The quantitative estimate of drug-likeness (QED) is 0.814. The van der Waals surface area contributed by atoms with Gasteiger partial charge >= 0.3 is 0 Å². The van der Waals surface area contributed by atoms with Gasteiger partial charge in [0.1, 0.15) is 4.60 Å². The maximum Gasteiger partial charge on any atom is 0.256 e. The molecule has 0 aromatic carbocycles. The number of hydrogen-bond acceptors (Lipinski definition) is 3. The molecule has 0 aliphatic rings. The predicted molar refractivity (Wildman–Crippen MR) is 76.8 cm³/mol. The van der Waals surface area contributed by atoms with Crippen molar-refractivity contribution in [1.82, 2.24) is 14.9 Å². The van der Waals surface area contributed by atoms with E-state index in [9.17, 15) is 4.79 Å². The van der Waals surface area contributed by atoms with E-state index in [1.807, 2.05) is 18.2 Å². The summed E-state index contributed by atoms with van der Waals surface area (Å²) in [6.45, 7) is 0.622. The molecule has 19 heavy (non-hydrogen) atoms. The van der Waals surface area contributed by atoms with Crippen molar-refractivity contribution in [3.63, 3.8) is 0 Å². The van der Waals surface area contributed by atoms with Crippen LogP contribution in [0.2, 0.25) is 0 Å². The third kappa shape index (κ3) is 3.61. The molecule has 0 aliphatic heterocycles. The molecule has 2 aromatic heterocycles. The number of rotatable bonds is 4. The monoisotopic (exact) mass is 319 g/mol. The number of amides is 1. The average molecular weight is 320 g/mol. The van der Waals surface area contributed by atoms with Gasteiger partial charge in [0.2, 0.25) is 0 Å². The number of halogens is 1. The summed E-state index contributed by atoms with van der Waals surface area (Å²) >= 11 is 3.29. The lowest BCUT2D eigenvalue weighted by Crippen LogP contribution is -2.29. The van der Waals surface area contributed by atoms with Crippen molar-refractivity contribution in [1.29, 1.82) is 0 Å². The number of likely N-dealkylation sites (N-methyl/N-ethyl adjacent to an activating group) is 1. The van der Waals surface area contributed by atoms with E-state index in [1.165, 1.54) is 0 Å². The zero-order valence-corrected chi connectivity index (χ0v) is 12.2. The van der Waals surface area contributed by atoms with E-state index >= 15 is 0 Å². The molecule has 0 unspecified atom stereocenters. The summed E-state index contributed by atoms with van der Waals surface area (Å²) < 4.78 is 0.574. The lowest BCUT2D eigenvalue weighted by atomic mass is 10.2. The van der Waals surface area contributed by atoms with E-state index in [1.54, 1.807) is 36.5 Å². The summed E-state index contributed by atoms with van der Waals surface area (Å²) in [5, 5.41) is 0. The van der Waals surface area contributed by atoms with Crippen LogP contribution in [0.3, 0.4) is 0 Å². The van der Waals surface area contributed by atoms with Crippen LogP contribution in [-0.4, -0.2) is 34.4 Å². The van der Waals surface area contributed by atoms with Gasteiger partial charge in [0.05, 0.1) is 5.56 Å². The first-order valence-electron chi connectivity index (χ1n) is 5.94. The van der Waals surface area contributed by atoms with Crippen molar-refractivity contribution in [2.24, 2.45) is 0 Å². The highest BCUT2D eigenvalue weighted by Gasteiger charge is 2.14. The summed E-state index contributed by atoms with van der Waals surface area (Å²) in [6, 6.07) is 9.30. The number of hydrogen-bond donors (Lipinski definition) is 0. The third-order valence-electron chi connectivity index (χ3n) is 2.77. The molecule has 2 heterocycles. The third-order valence-corrected chi connectivity index (χ3v) is 3.40. The highest BCUT2D eigenvalue weighted by Crippen LogP contribution is 2.14. The van der Waals surface area contributed by atoms with E-state index in [-0.39, 0.29) is 5.91 Å². The van der Waals surface area contributed by atoms with Gasteiger partial charge in [-0.1, -0.05) is 6.07 Å². The van der Waals surface area contributed by atoms with Crippen LogP contribution in [0.15, 0.2) is 47.3 Å². The van der Waals surface area contributed by atoms with E-state index in [4.69, 9.17) is 0 Å². The molecule has 0 fully saturated rings. The summed E-state index contributed by atoms with van der Waals surface area (Å²) in [7, 11) is 1.78. The van der Waals surface area contributed by atoms with Crippen LogP contribution in [0, 0.1) is 0 Å². The minimum absolute atomic E-state index is 0.0455. The SMILES string of the molecule is CN(CCc1ccccn1)C(=O)c1cccnc1Br. The van der Waals surface area contributed by atoms with Crippen LogP contribution < -0.4 is 0 Å².